The first kappa shape index (κ1) is 17.4. The first-order chi connectivity index (χ1) is 12.2. The van der Waals surface area contributed by atoms with Gasteiger partial charge in [0.1, 0.15) is 6.10 Å². The van der Waals surface area contributed by atoms with Crippen molar-refractivity contribution in [1.29, 1.82) is 0 Å². The summed E-state index contributed by atoms with van der Waals surface area (Å²) in [6, 6.07) is 9.68. The van der Waals surface area contributed by atoms with Gasteiger partial charge < -0.3 is 14.7 Å². The zero-order valence-corrected chi connectivity index (χ0v) is 14.3. The van der Waals surface area contributed by atoms with E-state index < -0.39 is 0 Å². The van der Waals surface area contributed by atoms with E-state index in [4.69, 9.17) is 9.84 Å². The summed E-state index contributed by atoms with van der Waals surface area (Å²) >= 11 is 0. The van der Waals surface area contributed by atoms with Crippen LogP contribution in [0.2, 0.25) is 0 Å². The van der Waals surface area contributed by atoms with Crippen LogP contribution in [0.15, 0.2) is 42.7 Å². The van der Waals surface area contributed by atoms with Crippen molar-refractivity contribution in [2.45, 2.75) is 38.3 Å². The van der Waals surface area contributed by atoms with E-state index in [1.165, 1.54) is 0 Å². The van der Waals surface area contributed by atoms with Crippen molar-refractivity contribution >= 4 is 6.09 Å². The lowest BCUT2D eigenvalue weighted by Gasteiger charge is -2.35. The van der Waals surface area contributed by atoms with Crippen LogP contribution in [0.4, 0.5) is 4.79 Å². The number of ether oxygens (including phenoxy) is 1. The number of carbonyl (C=O) groups excluding carboxylic acids is 1. The number of hydrogen-bond donors (Lipinski definition) is 1. The third-order valence-electron chi connectivity index (χ3n) is 4.56. The number of aliphatic hydroxyl groups is 1. The third-order valence-corrected chi connectivity index (χ3v) is 4.56. The van der Waals surface area contributed by atoms with Crippen LogP contribution in [-0.2, 0) is 4.74 Å². The van der Waals surface area contributed by atoms with Crippen LogP contribution in [0.1, 0.15) is 37.8 Å². The molecule has 3 rings (SSSR count). The van der Waals surface area contributed by atoms with Crippen molar-refractivity contribution in [2.24, 2.45) is 0 Å². The largest absolute Gasteiger partial charge is 0.446 e. The molecule has 1 aliphatic rings. The highest BCUT2D eigenvalue weighted by Gasteiger charge is 2.30. The summed E-state index contributed by atoms with van der Waals surface area (Å²) < 4.78 is 5.49. The number of aliphatic hydroxyl groups excluding tert-OH is 1. The normalized spacial score (nSPS) is 18.7. The van der Waals surface area contributed by atoms with E-state index in [9.17, 15) is 4.79 Å². The Morgan fingerprint density at radius 2 is 2.00 bits per heavy atom. The van der Waals surface area contributed by atoms with Crippen LogP contribution in [0, 0.1) is 0 Å². The Morgan fingerprint density at radius 3 is 2.64 bits per heavy atom. The summed E-state index contributed by atoms with van der Waals surface area (Å²) in [4.78, 5) is 22.5. The first-order valence-corrected chi connectivity index (χ1v) is 8.64. The van der Waals surface area contributed by atoms with Gasteiger partial charge in [-0.15, -0.1) is 0 Å². The maximum atomic E-state index is 12.3. The Balaban J connectivity index is 1.65. The second kappa shape index (κ2) is 8.07. The van der Waals surface area contributed by atoms with Gasteiger partial charge in [0.05, 0.1) is 6.04 Å². The van der Waals surface area contributed by atoms with Gasteiger partial charge in [-0.05, 0) is 31.4 Å². The van der Waals surface area contributed by atoms with E-state index in [0.717, 1.165) is 24.0 Å². The summed E-state index contributed by atoms with van der Waals surface area (Å²) in [5.74, 6) is 0.686. The molecule has 6 heteroatoms. The van der Waals surface area contributed by atoms with Gasteiger partial charge in [-0.3, -0.25) is 0 Å². The Bertz CT molecular complexity index is 691. The average Bonchev–Trinajstić information content (AvgIpc) is 2.67. The Hall–Kier alpha value is -2.47. The molecule has 0 bridgehead atoms. The van der Waals surface area contributed by atoms with E-state index in [1.54, 1.807) is 23.4 Å². The molecule has 132 valence electrons. The number of aromatic nitrogens is 2. The van der Waals surface area contributed by atoms with Gasteiger partial charge in [0, 0.05) is 37.5 Å². The maximum Gasteiger partial charge on any atom is 0.410 e. The van der Waals surface area contributed by atoms with Crippen molar-refractivity contribution in [2.75, 3.05) is 13.2 Å². The first-order valence-electron chi connectivity index (χ1n) is 8.64. The SMILES string of the molecule is CC(c1ccc(-c2ncccn2)cc1)N1CCC(CCCO)OC1=O. The maximum absolute atomic E-state index is 12.3. The number of carbonyl (C=O) groups is 1. The third kappa shape index (κ3) is 4.14. The number of hydrogen-bond acceptors (Lipinski definition) is 5. The molecule has 0 aliphatic carbocycles. The fourth-order valence-corrected chi connectivity index (χ4v) is 3.06. The molecule has 2 aromatic rings. The lowest BCUT2D eigenvalue weighted by molar-refractivity contribution is 0.00760. The fourth-order valence-electron chi connectivity index (χ4n) is 3.06. The van der Waals surface area contributed by atoms with Crippen LogP contribution >= 0.6 is 0 Å². The number of nitrogens with zero attached hydrogens (tertiary/aromatic N) is 3. The Kier molecular flexibility index (Phi) is 5.60. The van der Waals surface area contributed by atoms with Crippen LogP contribution in [0.3, 0.4) is 0 Å². The standard InChI is InChI=1S/C19H23N3O3/c1-14(22-12-9-17(4-2-13-23)25-19(22)24)15-5-7-16(8-6-15)18-20-10-3-11-21-18/h3,5-8,10-11,14,17,23H,2,4,9,12-13H2,1H3. The quantitative estimate of drug-likeness (QED) is 0.873. The highest BCUT2D eigenvalue weighted by molar-refractivity contribution is 5.69. The molecule has 1 saturated heterocycles. The summed E-state index contributed by atoms with van der Waals surface area (Å²) in [6.07, 6.45) is 5.25. The molecule has 2 atom stereocenters. The van der Waals surface area contributed by atoms with E-state index in [1.807, 2.05) is 31.2 Å². The Labute approximate surface area is 147 Å². The topological polar surface area (TPSA) is 75.6 Å². The lowest BCUT2D eigenvalue weighted by atomic mass is 10.0. The molecule has 1 fully saturated rings. The molecule has 2 heterocycles. The van der Waals surface area contributed by atoms with E-state index >= 15 is 0 Å². The second-order valence-corrected chi connectivity index (χ2v) is 6.22. The van der Waals surface area contributed by atoms with Gasteiger partial charge in [-0.1, -0.05) is 24.3 Å². The van der Waals surface area contributed by atoms with Crippen molar-refractivity contribution in [3.05, 3.63) is 48.3 Å². The molecular weight excluding hydrogens is 318 g/mol. The molecule has 2 unspecified atom stereocenters. The van der Waals surface area contributed by atoms with Crippen LogP contribution < -0.4 is 0 Å². The van der Waals surface area contributed by atoms with Crippen molar-refractivity contribution in [1.82, 2.24) is 14.9 Å². The predicted octanol–water partition coefficient (Wildman–Crippen LogP) is 3.19. The molecule has 6 nitrogen and oxygen atoms in total. The average molecular weight is 341 g/mol. The van der Waals surface area contributed by atoms with Gasteiger partial charge in [-0.2, -0.15) is 0 Å². The molecule has 1 N–H and O–H groups in total. The van der Waals surface area contributed by atoms with E-state index in [2.05, 4.69) is 9.97 Å². The van der Waals surface area contributed by atoms with Gasteiger partial charge in [0.15, 0.2) is 5.82 Å². The minimum absolute atomic E-state index is 0.0583. The van der Waals surface area contributed by atoms with Crippen LogP contribution in [0.5, 0.6) is 0 Å². The zero-order valence-electron chi connectivity index (χ0n) is 14.3. The van der Waals surface area contributed by atoms with Crippen molar-refractivity contribution in [3.8, 4) is 11.4 Å². The molecule has 1 aromatic heterocycles. The molecule has 25 heavy (non-hydrogen) atoms. The summed E-state index contributed by atoms with van der Waals surface area (Å²) in [5, 5.41) is 8.90. The predicted molar refractivity (Wildman–Crippen MR) is 93.8 cm³/mol. The molecule has 1 aromatic carbocycles. The molecule has 1 aliphatic heterocycles. The number of cyclic esters (lactones) is 1. The minimum Gasteiger partial charge on any atom is -0.446 e. The zero-order chi connectivity index (χ0) is 17.6. The van der Waals surface area contributed by atoms with Gasteiger partial charge in [-0.25, -0.2) is 14.8 Å². The molecule has 1 amide bonds. The lowest BCUT2D eigenvalue weighted by Crippen LogP contribution is -2.43. The van der Waals surface area contributed by atoms with Crippen molar-refractivity contribution in [3.63, 3.8) is 0 Å². The molecular formula is C19H23N3O3. The van der Waals surface area contributed by atoms with Crippen LogP contribution in [-0.4, -0.2) is 45.3 Å². The van der Waals surface area contributed by atoms with Gasteiger partial charge >= 0.3 is 6.09 Å². The monoisotopic (exact) mass is 341 g/mol. The highest BCUT2D eigenvalue weighted by Crippen LogP contribution is 2.27. The fraction of sp³-hybridized carbons (Fsp3) is 0.421. The molecule has 0 radical (unpaired) electrons. The minimum atomic E-state index is -0.280. The summed E-state index contributed by atoms with van der Waals surface area (Å²) in [6.45, 7) is 2.80. The number of rotatable bonds is 6. The van der Waals surface area contributed by atoms with Gasteiger partial charge in [0.25, 0.3) is 0 Å². The summed E-state index contributed by atoms with van der Waals surface area (Å²) in [7, 11) is 0. The second-order valence-electron chi connectivity index (χ2n) is 6.22. The van der Waals surface area contributed by atoms with Gasteiger partial charge in [0.2, 0.25) is 0 Å². The van der Waals surface area contributed by atoms with Crippen molar-refractivity contribution < 1.29 is 14.6 Å². The molecule has 0 spiro atoms. The summed E-state index contributed by atoms with van der Waals surface area (Å²) in [5.41, 5.74) is 1.99. The smallest absolute Gasteiger partial charge is 0.410 e. The number of amides is 1. The van der Waals surface area contributed by atoms with E-state index in [-0.39, 0.29) is 24.8 Å². The van der Waals surface area contributed by atoms with Crippen LogP contribution in [0.25, 0.3) is 11.4 Å². The van der Waals surface area contributed by atoms with E-state index in [0.29, 0.717) is 18.8 Å². The Morgan fingerprint density at radius 1 is 1.28 bits per heavy atom. The molecule has 0 saturated carbocycles. The highest BCUT2D eigenvalue weighted by atomic mass is 16.6. The number of benzene rings is 1.